The molecule has 4 N–H and O–H groups in total. The number of rotatable bonds is 2. The Labute approximate surface area is 72.9 Å². The van der Waals surface area contributed by atoms with Crippen LogP contribution in [0.4, 0.5) is 5.69 Å². The minimum atomic E-state index is -0.465. The molecular formula is C10H14N2. The molecule has 0 unspecified atom stereocenters. The normalized spacial score (nSPS) is 15.2. The molecule has 1 rings (SSSR count). The standard InChI is InChI=1S/C10H14N2/c1-3-10(2,12)8-4-6-9(11)7-5-8/h3-7H,1,11-12H2,2H3/t10-/m1/s1. The van der Waals surface area contributed by atoms with E-state index in [0.717, 1.165) is 11.3 Å². The van der Waals surface area contributed by atoms with Crippen LogP contribution in [0.1, 0.15) is 12.5 Å². The lowest BCUT2D eigenvalue weighted by Crippen LogP contribution is -2.29. The molecule has 0 saturated heterocycles. The molecule has 2 nitrogen and oxygen atoms in total. The second-order valence-electron chi connectivity index (χ2n) is 3.11. The smallest absolute Gasteiger partial charge is 0.0564 e. The first-order valence-corrected chi connectivity index (χ1v) is 3.85. The van der Waals surface area contributed by atoms with Crippen molar-refractivity contribution >= 4 is 5.69 Å². The topological polar surface area (TPSA) is 52.0 Å². The maximum Gasteiger partial charge on any atom is 0.0564 e. The fourth-order valence-corrected chi connectivity index (χ4v) is 0.960. The molecule has 0 amide bonds. The molecule has 1 atom stereocenters. The zero-order chi connectivity index (χ0) is 9.19. The molecule has 64 valence electrons. The molecule has 0 fully saturated rings. The van der Waals surface area contributed by atoms with Gasteiger partial charge in [0, 0.05) is 5.69 Å². The van der Waals surface area contributed by atoms with Gasteiger partial charge in [-0.15, -0.1) is 6.58 Å². The Morgan fingerprint density at radius 1 is 1.33 bits per heavy atom. The Kier molecular flexibility index (Phi) is 2.20. The minimum Gasteiger partial charge on any atom is -0.399 e. The molecule has 0 aliphatic carbocycles. The van der Waals surface area contributed by atoms with Crippen LogP contribution in [-0.2, 0) is 5.54 Å². The van der Waals surface area contributed by atoms with Crippen LogP contribution in [0.2, 0.25) is 0 Å². The summed E-state index contributed by atoms with van der Waals surface area (Å²) in [6.07, 6.45) is 1.72. The lowest BCUT2D eigenvalue weighted by molar-refractivity contribution is 0.632. The quantitative estimate of drug-likeness (QED) is 0.513. The van der Waals surface area contributed by atoms with Crippen LogP contribution in [0.25, 0.3) is 0 Å². The molecule has 0 aromatic heterocycles. The van der Waals surface area contributed by atoms with Crippen LogP contribution < -0.4 is 11.5 Å². The van der Waals surface area contributed by atoms with Crippen LogP contribution >= 0.6 is 0 Å². The average Bonchev–Trinajstić information content (AvgIpc) is 2.05. The summed E-state index contributed by atoms with van der Waals surface area (Å²) in [6.45, 7) is 5.58. The number of nitrogens with two attached hydrogens (primary N) is 2. The van der Waals surface area contributed by atoms with E-state index in [-0.39, 0.29) is 0 Å². The molecule has 12 heavy (non-hydrogen) atoms. The highest BCUT2D eigenvalue weighted by Gasteiger charge is 2.15. The molecule has 0 bridgehead atoms. The van der Waals surface area contributed by atoms with Gasteiger partial charge in [-0.1, -0.05) is 18.2 Å². The second kappa shape index (κ2) is 2.99. The molecule has 0 aliphatic heterocycles. The molecule has 1 aromatic carbocycles. The third kappa shape index (κ3) is 1.66. The van der Waals surface area contributed by atoms with E-state index in [0.29, 0.717) is 0 Å². The number of anilines is 1. The van der Waals surface area contributed by atoms with Crippen LogP contribution in [0.5, 0.6) is 0 Å². The molecule has 0 aliphatic rings. The van der Waals surface area contributed by atoms with Gasteiger partial charge in [0.2, 0.25) is 0 Å². The van der Waals surface area contributed by atoms with Gasteiger partial charge in [-0.3, -0.25) is 0 Å². The lowest BCUT2D eigenvalue weighted by atomic mass is 9.93. The van der Waals surface area contributed by atoms with Crippen molar-refractivity contribution in [3.05, 3.63) is 42.5 Å². The van der Waals surface area contributed by atoms with Gasteiger partial charge in [0.25, 0.3) is 0 Å². The number of hydrogen-bond donors (Lipinski definition) is 2. The van der Waals surface area contributed by atoms with Crippen molar-refractivity contribution in [1.82, 2.24) is 0 Å². The summed E-state index contributed by atoms with van der Waals surface area (Å²) in [6, 6.07) is 7.50. The van der Waals surface area contributed by atoms with Gasteiger partial charge in [-0.05, 0) is 24.6 Å². The molecular weight excluding hydrogens is 148 g/mol. The van der Waals surface area contributed by atoms with Gasteiger partial charge in [0.15, 0.2) is 0 Å². The zero-order valence-corrected chi connectivity index (χ0v) is 7.25. The summed E-state index contributed by atoms with van der Waals surface area (Å²) in [7, 11) is 0. The van der Waals surface area contributed by atoms with Crippen molar-refractivity contribution in [3.63, 3.8) is 0 Å². The predicted octanol–water partition coefficient (Wildman–Crippen LogP) is 1.63. The molecule has 0 heterocycles. The van der Waals surface area contributed by atoms with E-state index in [2.05, 4.69) is 6.58 Å². The van der Waals surface area contributed by atoms with Crippen molar-refractivity contribution in [1.29, 1.82) is 0 Å². The van der Waals surface area contributed by atoms with Gasteiger partial charge in [-0.2, -0.15) is 0 Å². The van der Waals surface area contributed by atoms with E-state index in [9.17, 15) is 0 Å². The van der Waals surface area contributed by atoms with Gasteiger partial charge in [0.1, 0.15) is 0 Å². The van der Waals surface area contributed by atoms with E-state index in [1.54, 1.807) is 6.08 Å². The average molecular weight is 162 g/mol. The van der Waals surface area contributed by atoms with Crippen molar-refractivity contribution in [2.45, 2.75) is 12.5 Å². The second-order valence-corrected chi connectivity index (χ2v) is 3.11. The van der Waals surface area contributed by atoms with Gasteiger partial charge < -0.3 is 11.5 Å². The summed E-state index contributed by atoms with van der Waals surface area (Å²) in [5, 5.41) is 0. The fourth-order valence-electron chi connectivity index (χ4n) is 0.960. The van der Waals surface area contributed by atoms with Crippen LogP contribution in [0, 0.1) is 0 Å². The van der Waals surface area contributed by atoms with Gasteiger partial charge >= 0.3 is 0 Å². The predicted molar refractivity (Wildman–Crippen MR) is 52.6 cm³/mol. The molecule has 0 spiro atoms. The number of nitrogen functional groups attached to an aromatic ring is 1. The molecule has 1 aromatic rings. The van der Waals surface area contributed by atoms with Crippen LogP contribution in [-0.4, -0.2) is 0 Å². The summed E-state index contributed by atoms with van der Waals surface area (Å²) < 4.78 is 0. The third-order valence-corrected chi connectivity index (χ3v) is 1.96. The summed E-state index contributed by atoms with van der Waals surface area (Å²) in [5.74, 6) is 0. The Hall–Kier alpha value is -1.28. The highest BCUT2D eigenvalue weighted by atomic mass is 14.7. The SMILES string of the molecule is C=C[C@@](C)(N)c1ccc(N)cc1. The summed E-state index contributed by atoms with van der Waals surface area (Å²) in [4.78, 5) is 0. The number of benzene rings is 1. The van der Waals surface area contributed by atoms with Crippen molar-refractivity contribution in [2.24, 2.45) is 5.73 Å². The Balaban J connectivity index is 3.04. The Morgan fingerprint density at radius 2 is 1.83 bits per heavy atom. The van der Waals surface area contributed by atoms with Crippen LogP contribution in [0.15, 0.2) is 36.9 Å². The minimum absolute atomic E-state index is 0.465. The van der Waals surface area contributed by atoms with E-state index < -0.39 is 5.54 Å². The summed E-state index contributed by atoms with van der Waals surface area (Å²) in [5.41, 5.74) is 12.8. The van der Waals surface area contributed by atoms with E-state index >= 15 is 0 Å². The third-order valence-electron chi connectivity index (χ3n) is 1.96. The van der Waals surface area contributed by atoms with Crippen molar-refractivity contribution in [3.8, 4) is 0 Å². The van der Waals surface area contributed by atoms with Gasteiger partial charge in [0.05, 0.1) is 5.54 Å². The van der Waals surface area contributed by atoms with Gasteiger partial charge in [-0.25, -0.2) is 0 Å². The van der Waals surface area contributed by atoms with E-state index in [4.69, 9.17) is 11.5 Å². The first-order chi connectivity index (χ1) is 5.56. The molecule has 0 saturated carbocycles. The highest BCUT2D eigenvalue weighted by molar-refractivity contribution is 5.42. The Bertz CT molecular complexity index is 272. The molecule has 2 heteroatoms. The van der Waals surface area contributed by atoms with Crippen molar-refractivity contribution in [2.75, 3.05) is 5.73 Å². The largest absolute Gasteiger partial charge is 0.399 e. The summed E-state index contributed by atoms with van der Waals surface area (Å²) >= 11 is 0. The maximum absolute atomic E-state index is 5.93. The van der Waals surface area contributed by atoms with Crippen LogP contribution in [0.3, 0.4) is 0 Å². The molecule has 0 radical (unpaired) electrons. The lowest BCUT2D eigenvalue weighted by Gasteiger charge is -2.20. The number of hydrogen-bond acceptors (Lipinski definition) is 2. The van der Waals surface area contributed by atoms with E-state index in [1.165, 1.54) is 0 Å². The maximum atomic E-state index is 5.93. The first kappa shape index (κ1) is 8.81. The zero-order valence-electron chi connectivity index (χ0n) is 7.25. The fraction of sp³-hybridized carbons (Fsp3) is 0.200. The Morgan fingerprint density at radius 3 is 2.25 bits per heavy atom. The monoisotopic (exact) mass is 162 g/mol. The van der Waals surface area contributed by atoms with E-state index in [1.807, 2.05) is 31.2 Å². The highest BCUT2D eigenvalue weighted by Crippen LogP contribution is 2.19. The van der Waals surface area contributed by atoms with Crippen molar-refractivity contribution < 1.29 is 0 Å². The first-order valence-electron chi connectivity index (χ1n) is 3.85.